The number of ether oxygens (including phenoxy) is 3. The van der Waals surface area contributed by atoms with Gasteiger partial charge >= 0.3 is 11.9 Å². The molecule has 4 aromatic carbocycles. The molecule has 0 bridgehead atoms. The number of nitrogens with zero attached hydrogens (tertiary/aromatic N) is 1. The van der Waals surface area contributed by atoms with E-state index >= 15 is 0 Å². The fourth-order valence-corrected chi connectivity index (χ4v) is 7.36. The molecular formula is C46H52N4O14S. The first-order chi connectivity index (χ1) is 31.0. The number of carbonyl (C=O) groups is 5. The predicted molar refractivity (Wildman–Crippen MR) is 236 cm³/mol. The maximum Gasteiger partial charge on any atom is 0.377 e. The summed E-state index contributed by atoms with van der Waals surface area (Å²) in [5, 5.41) is 47.3. The number of aliphatic hydroxyl groups excluding tert-OH is 4. The lowest BCUT2D eigenvalue weighted by molar-refractivity contribution is -0.155. The normalized spacial score (nSPS) is 15.5. The van der Waals surface area contributed by atoms with E-state index in [1.165, 1.54) is 37.1 Å². The summed E-state index contributed by atoms with van der Waals surface area (Å²) in [4.78, 5) is 67.2. The first kappa shape index (κ1) is 49.1. The number of hydrogen-bond donors (Lipinski definition) is 7. The van der Waals surface area contributed by atoms with Gasteiger partial charge in [-0.25, -0.2) is 13.2 Å². The molecule has 0 saturated heterocycles. The third-order valence-electron chi connectivity index (χ3n) is 10.4. The molecule has 7 N–H and O–H groups in total. The van der Waals surface area contributed by atoms with E-state index in [1.807, 2.05) is 30.3 Å². The van der Waals surface area contributed by atoms with E-state index in [4.69, 9.17) is 9.47 Å². The van der Waals surface area contributed by atoms with E-state index in [0.29, 0.717) is 16.9 Å². The fourth-order valence-electron chi connectivity index (χ4n) is 6.74. The number of amides is 3. The standard InChI is InChI=1S/C46H52N4O14S/c1-4-65(60,61)49-34-23-32(44(57)47-28(2)31-15-9-6-10-16-31)22-33(24-34)45(58)48-36(21-29-12-7-5-8-13-29)37(51)26-50(25-30-14-11-17-35(20-30)62-3)39(53)18-19-40(54)63-27-38(52)43-41(55)42(56)46(59)64-43/h5-17,20,22-24,28,36-38,43,49,51-52,55-56H,4,18-19,21,25-27H2,1-3H3,(H,47,57)(H,48,58)/t28-,36+,37-,38?,43?/m1/s1. The number of aliphatic hydroxyl groups is 4. The van der Waals surface area contributed by atoms with Gasteiger partial charge in [-0.05, 0) is 67.3 Å². The first-order valence-corrected chi connectivity index (χ1v) is 22.2. The first-order valence-electron chi connectivity index (χ1n) is 20.6. The van der Waals surface area contributed by atoms with Crippen molar-refractivity contribution in [2.75, 3.05) is 30.7 Å². The van der Waals surface area contributed by atoms with Gasteiger partial charge in [0.1, 0.15) is 18.5 Å². The minimum absolute atomic E-state index is 0.0197. The Bertz CT molecular complexity index is 2470. The number of cyclic esters (lactones) is 1. The van der Waals surface area contributed by atoms with Crippen molar-refractivity contribution >= 4 is 45.4 Å². The SMILES string of the molecule is CCS(=O)(=O)Nc1cc(C(=O)N[C@@H](Cc2ccccc2)[C@H](O)CN(Cc2cccc(OC)c2)C(=O)CCC(=O)OCC(O)C2OC(=O)C(O)=C2O)cc(C(=O)N[C@H](C)c2ccccc2)c1. The lowest BCUT2D eigenvalue weighted by atomic mass is 9.99. The summed E-state index contributed by atoms with van der Waals surface area (Å²) in [5.74, 6) is -5.96. The summed E-state index contributed by atoms with van der Waals surface area (Å²) in [6, 6.07) is 27.2. The Morgan fingerprint density at radius 1 is 0.831 bits per heavy atom. The Balaban J connectivity index is 1.37. The predicted octanol–water partition coefficient (Wildman–Crippen LogP) is 3.62. The topological polar surface area (TPSA) is 267 Å². The molecule has 2 unspecified atom stereocenters. The number of nitrogens with one attached hydrogen (secondary N) is 3. The number of carbonyl (C=O) groups excluding carboxylic acids is 5. The van der Waals surface area contributed by atoms with Crippen LogP contribution in [0.25, 0.3) is 0 Å². The molecule has 19 heteroatoms. The van der Waals surface area contributed by atoms with Gasteiger partial charge in [0.2, 0.25) is 21.7 Å². The molecule has 65 heavy (non-hydrogen) atoms. The summed E-state index contributed by atoms with van der Waals surface area (Å²) >= 11 is 0. The largest absolute Gasteiger partial charge is 0.505 e. The Morgan fingerprint density at radius 2 is 1.46 bits per heavy atom. The Labute approximate surface area is 375 Å². The number of methoxy groups -OCH3 is 1. The average Bonchev–Trinajstić information content (AvgIpc) is 3.56. The molecule has 5 rings (SSSR count). The summed E-state index contributed by atoms with van der Waals surface area (Å²) in [6.07, 6.45) is -5.70. The molecular weight excluding hydrogens is 865 g/mol. The van der Waals surface area contributed by atoms with Crippen LogP contribution in [0.4, 0.5) is 5.69 Å². The zero-order valence-electron chi connectivity index (χ0n) is 35.9. The Hall–Kier alpha value is -6.96. The molecule has 3 amide bonds. The van der Waals surface area contributed by atoms with E-state index in [0.717, 1.165) is 5.56 Å². The van der Waals surface area contributed by atoms with Gasteiger partial charge in [0.25, 0.3) is 11.8 Å². The molecule has 0 aliphatic carbocycles. The summed E-state index contributed by atoms with van der Waals surface area (Å²) in [5.41, 5.74) is 1.94. The lowest BCUT2D eigenvalue weighted by Gasteiger charge is -2.31. The number of esters is 2. The van der Waals surface area contributed by atoms with E-state index in [-0.39, 0.29) is 42.1 Å². The van der Waals surface area contributed by atoms with Gasteiger partial charge in [-0.15, -0.1) is 0 Å². The van der Waals surface area contributed by atoms with Crippen molar-refractivity contribution < 1.29 is 67.0 Å². The lowest BCUT2D eigenvalue weighted by Crippen LogP contribution is -2.50. The fraction of sp³-hybridized carbons (Fsp3) is 0.326. The highest BCUT2D eigenvalue weighted by atomic mass is 32.2. The molecule has 5 atom stereocenters. The maximum absolute atomic E-state index is 14.2. The van der Waals surface area contributed by atoms with Gasteiger partial charge in [0.05, 0.1) is 43.2 Å². The van der Waals surface area contributed by atoms with E-state index < -0.39 is 101 Å². The van der Waals surface area contributed by atoms with Crippen molar-refractivity contribution in [1.29, 1.82) is 0 Å². The Kier molecular flexibility index (Phi) is 17.1. The number of sulfonamides is 1. The van der Waals surface area contributed by atoms with Crippen molar-refractivity contribution in [1.82, 2.24) is 15.5 Å². The van der Waals surface area contributed by atoms with E-state index in [9.17, 15) is 52.8 Å². The second kappa shape index (κ2) is 22.6. The van der Waals surface area contributed by atoms with Crippen LogP contribution in [0.3, 0.4) is 0 Å². The molecule has 1 heterocycles. The van der Waals surface area contributed by atoms with Crippen molar-refractivity contribution in [2.45, 2.75) is 70.1 Å². The van der Waals surface area contributed by atoms with Crippen LogP contribution in [-0.4, -0.2) is 114 Å². The van der Waals surface area contributed by atoms with Crippen molar-refractivity contribution in [3.05, 3.63) is 142 Å². The highest BCUT2D eigenvalue weighted by Crippen LogP contribution is 2.23. The molecule has 0 fully saturated rings. The minimum atomic E-state index is -3.85. The molecule has 1 aliphatic heterocycles. The van der Waals surface area contributed by atoms with Crippen molar-refractivity contribution in [3.63, 3.8) is 0 Å². The second-order valence-corrected chi connectivity index (χ2v) is 17.2. The van der Waals surface area contributed by atoms with Crippen LogP contribution >= 0.6 is 0 Å². The van der Waals surface area contributed by atoms with Gasteiger partial charge in [0, 0.05) is 30.6 Å². The molecule has 0 radical (unpaired) electrons. The van der Waals surface area contributed by atoms with E-state index in [2.05, 4.69) is 20.1 Å². The van der Waals surface area contributed by atoms with Crippen LogP contribution in [-0.2, 0) is 46.8 Å². The van der Waals surface area contributed by atoms with Gasteiger partial charge in [-0.2, -0.15) is 0 Å². The number of rotatable bonds is 22. The number of benzene rings is 4. The summed E-state index contributed by atoms with van der Waals surface area (Å²) in [7, 11) is -2.38. The van der Waals surface area contributed by atoms with Crippen LogP contribution in [0.2, 0.25) is 0 Å². The van der Waals surface area contributed by atoms with Crippen LogP contribution in [0.1, 0.15) is 70.1 Å². The average molecular weight is 917 g/mol. The summed E-state index contributed by atoms with van der Waals surface area (Å²) in [6.45, 7) is 2.01. The zero-order chi connectivity index (χ0) is 47.3. The second-order valence-electron chi connectivity index (χ2n) is 15.2. The smallest absolute Gasteiger partial charge is 0.377 e. The zero-order valence-corrected chi connectivity index (χ0v) is 36.7. The van der Waals surface area contributed by atoms with Gasteiger partial charge in [0.15, 0.2) is 11.9 Å². The maximum atomic E-state index is 14.2. The number of hydrogen-bond acceptors (Lipinski definition) is 14. The van der Waals surface area contributed by atoms with Crippen LogP contribution in [0, 0.1) is 0 Å². The third kappa shape index (κ3) is 14.0. The van der Waals surface area contributed by atoms with Gasteiger partial charge in [-0.1, -0.05) is 72.8 Å². The van der Waals surface area contributed by atoms with Crippen molar-refractivity contribution in [2.24, 2.45) is 0 Å². The van der Waals surface area contributed by atoms with E-state index in [1.54, 1.807) is 61.5 Å². The quantitative estimate of drug-likeness (QED) is 0.0556. The van der Waals surface area contributed by atoms with Gasteiger partial charge < -0.3 is 50.2 Å². The van der Waals surface area contributed by atoms with Crippen LogP contribution in [0.5, 0.6) is 5.75 Å². The highest BCUT2D eigenvalue weighted by Gasteiger charge is 2.40. The number of anilines is 1. The molecule has 4 aromatic rings. The Morgan fingerprint density at radius 3 is 2.08 bits per heavy atom. The van der Waals surface area contributed by atoms with Crippen molar-refractivity contribution in [3.8, 4) is 5.75 Å². The third-order valence-corrected chi connectivity index (χ3v) is 11.7. The summed E-state index contributed by atoms with van der Waals surface area (Å²) < 4.78 is 42.8. The molecule has 18 nitrogen and oxygen atoms in total. The molecule has 0 saturated carbocycles. The molecule has 0 aromatic heterocycles. The van der Waals surface area contributed by atoms with Crippen LogP contribution in [0.15, 0.2) is 115 Å². The monoisotopic (exact) mass is 916 g/mol. The minimum Gasteiger partial charge on any atom is -0.505 e. The molecule has 346 valence electrons. The molecule has 1 aliphatic rings. The van der Waals surface area contributed by atoms with Gasteiger partial charge in [-0.3, -0.25) is 23.9 Å². The molecule has 0 spiro atoms. The highest BCUT2D eigenvalue weighted by molar-refractivity contribution is 7.92. The van der Waals surface area contributed by atoms with Crippen LogP contribution < -0.4 is 20.1 Å².